The Morgan fingerprint density at radius 1 is 1.50 bits per heavy atom. The second kappa shape index (κ2) is 2.97. The summed E-state index contributed by atoms with van der Waals surface area (Å²) in [6, 6.07) is 4.10. The van der Waals surface area contributed by atoms with Crippen LogP contribution in [0.1, 0.15) is 29.6 Å². The van der Waals surface area contributed by atoms with Gasteiger partial charge in [0.25, 0.3) is 0 Å². The van der Waals surface area contributed by atoms with Gasteiger partial charge in [0.15, 0.2) is 0 Å². The number of anilines is 1. The third-order valence-electron chi connectivity index (χ3n) is 1.60. The molecule has 0 saturated carbocycles. The van der Waals surface area contributed by atoms with Gasteiger partial charge in [-0.3, -0.25) is 0 Å². The van der Waals surface area contributed by atoms with E-state index in [2.05, 4.69) is 26.8 Å². The first-order chi connectivity index (χ1) is 5.45. The first-order valence-corrected chi connectivity index (χ1v) is 5.46. The summed E-state index contributed by atoms with van der Waals surface area (Å²) < 4.78 is 2.08. The molecule has 1 heterocycles. The van der Waals surface area contributed by atoms with Crippen molar-refractivity contribution < 1.29 is 0 Å². The van der Waals surface area contributed by atoms with Gasteiger partial charge >= 0.3 is 78.4 Å². The van der Waals surface area contributed by atoms with Crippen LogP contribution >= 0.6 is 0 Å². The van der Waals surface area contributed by atoms with E-state index in [1.54, 1.807) is 0 Å². The second-order valence-corrected chi connectivity index (χ2v) is 5.96. The molecule has 12 heavy (non-hydrogen) atoms. The van der Waals surface area contributed by atoms with Crippen LogP contribution in [0.5, 0.6) is 0 Å². The molecular formula is C9H12N2Se. The number of rotatable bonds is 0. The third-order valence-corrected chi connectivity index (χ3v) is 4.71. The molecule has 0 aromatic carbocycles. The van der Waals surface area contributed by atoms with Crippen molar-refractivity contribution in [3.63, 3.8) is 0 Å². The van der Waals surface area contributed by atoms with Gasteiger partial charge in [-0.2, -0.15) is 0 Å². The molecule has 1 aromatic heterocycles. The molecule has 1 aromatic rings. The molecule has 2 N–H and O–H groups in total. The van der Waals surface area contributed by atoms with E-state index >= 15 is 0 Å². The summed E-state index contributed by atoms with van der Waals surface area (Å²) >= 11 is 0.164. The number of nitrogens with two attached hydrogens (primary N) is 1. The van der Waals surface area contributed by atoms with Gasteiger partial charge < -0.3 is 0 Å². The minimum atomic E-state index is 0.156. The van der Waals surface area contributed by atoms with Gasteiger partial charge in [0.1, 0.15) is 0 Å². The molecule has 0 bridgehead atoms. The van der Waals surface area contributed by atoms with E-state index in [1.165, 1.54) is 4.44 Å². The van der Waals surface area contributed by atoms with Crippen molar-refractivity contribution in [3.05, 3.63) is 14.9 Å². The molecule has 0 aliphatic rings. The topological polar surface area (TPSA) is 49.8 Å². The molecule has 0 spiro atoms. The van der Waals surface area contributed by atoms with Gasteiger partial charge in [0, 0.05) is 0 Å². The molecule has 2 nitrogen and oxygen atoms in total. The normalized spacial score (nSPS) is 11.2. The van der Waals surface area contributed by atoms with Crippen LogP contribution in [0, 0.1) is 11.3 Å². The molecule has 1 rings (SSSR count). The molecule has 64 valence electrons. The molecule has 0 fully saturated rings. The van der Waals surface area contributed by atoms with E-state index in [-0.39, 0.29) is 19.9 Å². The van der Waals surface area contributed by atoms with Gasteiger partial charge in [-0.15, -0.1) is 0 Å². The van der Waals surface area contributed by atoms with E-state index in [0.717, 1.165) is 4.44 Å². The Labute approximate surface area is 78.7 Å². The number of hydrogen-bond acceptors (Lipinski definition) is 2. The first kappa shape index (κ1) is 9.38. The summed E-state index contributed by atoms with van der Waals surface area (Å²) in [5, 5.41) is 8.71. The molecule has 0 aliphatic heterocycles. The van der Waals surface area contributed by atoms with Crippen LogP contribution in [-0.4, -0.2) is 14.5 Å². The number of nitrogens with zero attached hydrogens (tertiary/aromatic N) is 1. The summed E-state index contributed by atoms with van der Waals surface area (Å²) in [4.78, 5) is 0. The third kappa shape index (κ3) is 1.72. The molecule has 0 atom stereocenters. The van der Waals surface area contributed by atoms with Gasteiger partial charge in [-0.05, 0) is 0 Å². The zero-order valence-corrected chi connectivity index (χ0v) is 9.22. The number of nitriles is 1. The van der Waals surface area contributed by atoms with Crippen molar-refractivity contribution in [2.75, 3.05) is 5.73 Å². The monoisotopic (exact) mass is 228 g/mol. The zero-order chi connectivity index (χ0) is 9.35. The molecular weight excluding hydrogens is 215 g/mol. The first-order valence-electron chi connectivity index (χ1n) is 3.75. The van der Waals surface area contributed by atoms with Crippen LogP contribution in [0.3, 0.4) is 0 Å². The minimum absolute atomic E-state index is 0.156. The predicted octanol–water partition coefficient (Wildman–Crippen LogP) is 1.49. The molecule has 0 aliphatic carbocycles. The van der Waals surface area contributed by atoms with Crippen molar-refractivity contribution in [1.29, 1.82) is 5.26 Å². The molecule has 0 saturated heterocycles. The van der Waals surface area contributed by atoms with Gasteiger partial charge in [-0.25, -0.2) is 0 Å². The fourth-order valence-electron chi connectivity index (χ4n) is 0.862. The Bertz CT molecular complexity index is 325. The van der Waals surface area contributed by atoms with Crippen LogP contribution < -0.4 is 5.73 Å². The van der Waals surface area contributed by atoms with E-state index in [9.17, 15) is 0 Å². The molecule has 0 radical (unpaired) electrons. The Morgan fingerprint density at radius 2 is 2.08 bits per heavy atom. The summed E-state index contributed by atoms with van der Waals surface area (Å²) in [5.74, 6) is 0. The average molecular weight is 227 g/mol. The Balaban J connectivity index is 3.16. The standard InChI is InChI=1S/C9H12N2Se/c1-9(2,3)8-4-6(11)7(5-10)12-8/h4H,11H2,1-3H3. The Morgan fingerprint density at radius 3 is 2.33 bits per heavy atom. The van der Waals surface area contributed by atoms with Crippen LogP contribution in [0.25, 0.3) is 0 Å². The quantitative estimate of drug-likeness (QED) is 0.683. The molecule has 3 heteroatoms. The summed E-state index contributed by atoms with van der Waals surface area (Å²) in [6.45, 7) is 6.44. The van der Waals surface area contributed by atoms with E-state index in [0.29, 0.717) is 5.69 Å². The van der Waals surface area contributed by atoms with E-state index < -0.39 is 0 Å². The maximum atomic E-state index is 8.71. The summed E-state index contributed by atoms with van der Waals surface area (Å²) in [6.07, 6.45) is 0. The van der Waals surface area contributed by atoms with Crippen LogP contribution in [0.15, 0.2) is 6.07 Å². The van der Waals surface area contributed by atoms with Gasteiger partial charge in [-0.1, -0.05) is 0 Å². The summed E-state index contributed by atoms with van der Waals surface area (Å²) in [5.41, 5.74) is 6.50. The van der Waals surface area contributed by atoms with Crippen molar-refractivity contribution in [3.8, 4) is 6.07 Å². The van der Waals surface area contributed by atoms with Crippen molar-refractivity contribution in [1.82, 2.24) is 0 Å². The number of hydrogen-bond donors (Lipinski definition) is 1. The van der Waals surface area contributed by atoms with E-state index in [1.807, 2.05) is 6.07 Å². The summed E-state index contributed by atoms with van der Waals surface area (Å²) in [7, 11) is 0. The van der Waals surface area contributed by atoms with Crippen molar-refractivity contribution in [2.45, 2.75) is 26.2 Å². The number of nitrogen functional groups attached to an aromatic ring is 1. The molecule has 0 unspecified atom stereocenters. The van der Waals surface area contributed by atoms with Gasteiger partial charge in [0.2, 0.25) is 0 Å². The van der Waals surface area contributed by atoms with Crippen molar-refractivity contribution >= 4 is 20.2 Å². The zero-order valence-electron chi connectivity index (χ0n) is 7.51. The van der Waals surface area contributed by atoms with Gasteiger partial charge in [0.05, 0.1) is 0 Å². The van der Waals surface area contributed by atoms with Crippen molar-refractivity contribution in [2.24, 2.45) is 0 Å². The second-order valence-electron chi connectivity index (χ2n) is 3.76. The Kier molecular flexibility index (Phi) is 2.32. The SMILES string of the molecule is CC(C)(C)c1cc(N)c(C#N)[se]1. The van der Waals surface area contributed by atoms with E-state index in [4.69, 9.17) is 11.0 Å². The van der Waals surface area contributed by atoms with Crippen LogP contribution in [0.2, 0.25) is 0 Å². The fourth-order valence-corrected chi connectivity index (χ4v) is 2.82. The molecule has 0 amide bonds. The predicted molar refractivity (Wildman–Crippen MR) is 51.2 cm³/mol. The average Bonchev–Trinajstić information content (AvgIpc) is 2.29. The Hall–Kier alpha value is -0.711. The fraction of sp³-hybridized carbons (Fsp3) is 0.444. The van der Waals surface area contributed by atoms with Crippen LogP contribution in [-0.2, 0) is 5.41 Å². The van der Waals surface area contributed by atoms with Crippen LogP contribution in [0.4, 0.5) is 5.69 Å². The maximum absolute atomic E-state index is 8.71.